The van der Waals surface area contributed by atoms with Gasteiger partial charge in [-0.1, -0.05) is 167 Å². The highest BCUT2D eigenvalue weighted by atomic mass is 31.1. The van der Waals surface area contributed by atoms with Crippen LogP contribution in [0.4, 0.5) is 22.7 Å². The zero-order valence-electron chi connectivity index (χ0n) is 45.4. The molecule has 8 heteroatoms. The van der Waals surface area contributed by atoms with E-state index < -0.39 is 7.92 Å². The SMILES string of the molecule is CCCCC(CC)C(=O)Nc1cc2cc(N(c3ccc(C)cc3)c3ccc(C)cc3)ccc2cc1C1=C(O)/C(=C2/C=c3ccc(P(c4ccc(C)cc4)c4ccc(C)cc4)cc3=CC2=[NH+]C(=O)C(CC)CCCC)C1=O. The van der Waals surface area contributed by atoms with Crippen LogP contribution < -0.4 is 41.6 Å². The normalized spacial score (nSPS) is 15.5. The summed E-state index contributed by atoms with van der Waals surface area (Å²) in [5, 5.41) is 22.8. The molecule has 0 bridgehead atoms. The van der Waals surface area contributed by atoms with Gasteiger partial charge in [-0.05, 0) is 159 Å². The van der Waals surface area contributed by atoms with Crippen molar-refractivity contribution in [1.29, 1.82) is 0 Å². The number of benzene rings is 7. The minimum absolute atomic E-state index is 0.110. The number of nitrogens with zero attached hydrogens (tertiary/aromatic N) is 1. The van der Waals surface area contributed by atoms with Crippen LogP contribution >= 0.6 is 7.92 Å². The number of aryl methyl sites for hydroxylation is 4. The number of anilines is 4. The fraction of sp³-hybridized carbons (Fsp3) is 0.265. The Hall–Kier alpha value is -7.47. The van der Waals surface area contributed by atoms with E-state index in [1.165, 1.54) is 21.7 Å². The van der Waals surface area contributed by atoms with Gasteiger partial charge in [0.05, 0.1) is 22.6 Å². The third-order valence-electron chi connectivity index (χ3n) is 15.1. The Balaban J connectivity index is 1.20. The molecule has 3 N–H and O–H groups in total. The van der Waals surface area contributed by atoms with Crippen molar-refractivity contribution in [2.75, 3.05) is 10.2 Å². The Morgan fingerprint density at radius 2 is 1.09 bits per heavy atom. The third kappa shape index (κ3) is 11.4. The molecule has 2 aliphatic carbocycles. The summed E-state index contributed by atoms with van der Waals surface area (Å²) in [6.45, 7) is 16.7. The van der Waals surface area contributed by atoms with Gasteiger partial charge in [-0.3, -0.25) is 9.59 Å². The molecule has 0 aliphatic heterocycles. The molecule has 2 unspecified atom stereocenters. The van der Waals surface area contributed by atoms with Gasteiger partial charge < -0.3 is 15.3 Å². The second kappa shape index (κ2) is 23.6. The van der Waals surface area contributed by atoms with Gasteiger partial charge in [0.2, 0.25) is 17.4 Å². The predicted molar refractivity (Wildman–Crippen MR) is 319 cm³/mol. The average Bonchev–Trinajstić information content (AvgIpc) is 3.46. The molecule has 0 heterocycles. The molecule has 0 spiro atoms. The number of unbranched alkanes of at least 4 members (excludes halogenated alkanes) is 2. The zero-order chi connectivity index (χ0) is 53.6. The van der Waals surface area contributed by atoms with Crippen LogP contribution in [0.25, 0.3) is 28.5 Å². The molecular formula is C68H71N3O4P+. The summed E-state index contributed by atoms with van der Waals surface area (Å²) in [5.41, 5.74) is 9.75. The quantitative estimate of drug-likeness (QED) is 0.0587. The molecular weight excluding hydrogens is 954 g/mol. The average molecular weight is 1030 g/mol. The van der Waals surface area contributed by atoms with Crippen LogP contribution in [0.5, 0.6) is 0 Å². The second-order valence-corrected chi connectivity index (χ2v) is 23.0. The standard InChI is InChI=1S/C68H70N3O4P/c1-9-13-15-47(11-3)67(74)69-61-41-51-37-55(71(53-27-17-43(5)18-28-53)54-29-19-44(6)20-30-54)31-25-49(51)39-59(61)63-65(72)64(66(63)73)60-40-50-26-36-58(38-52(50)42-62(60)70-68(75)48(12-4)16-14-10-2)76(56-32-21-45(7)22-33-56)57-34-23-46(8)24-35-57/h17-42,47-48,72H,9-16H2,1-8H3,(H,69,74)/p+1/b64-60+,70-62?. The number of carbonyl (C=O) groups excluding carboxylic acids is 3. The lowest BCUT2D eigenvalue weighted by molar-refractivity contribution is -0.381. The van der Waals surface area contributed by atoms with Gasteiger partial charge in [0, 0.05) is 40.3 Å². The van der Waals surface area contributed by atoms with E-state index in [9.17, 15) is 14.7 Å². The van der Waals surface area contributed by atoms with Gasteiger partial charge >= 0.3 is 5.91 Å². The first kappa shape index (κ1) is 53.4. The van der Waals surface area contributed by atoms with E-state index in [2.05, 4.69) is 184 Å². The minimum Gasteiger partial charge on any atom is -0.506 e. The number of aliphatic hydroxyl groups excluding tert-OH is 1. The second-order valence-electron chi connectivity index (χ2n) is 20.8. The maximum Gasteiger partial charge on any atom is 0.388 e. The van der Waals surface area contributed by atoms with Crippen LogP contribution in [-0.4, -0.2) is 28.4 Å². The maximum atomic E-state index is 15.1. The fourth-order valence-electron chi connectivity index (χ4n) is 10.5. The number of fused-ring (bicyclic) bond motifs is 2. The molecule has 9 rings (SSSR count). The van der Waals surface area contributed by atoms with Crippen molar-refractivity contribution in [3.8, 4) is 0 Å². The summed E-state index contributed by atoms with van der Waals surface area (Å²) in [6, 6.07) is 51.0. The Morgan fingerprint density at radius 3 is 1.63 bits per heavy atom. The summed E-state index contributed by atoms with van der Waals surface area (Å²) in [4.78, 5) is 49.1. The number of allylic oxidation sites excluding steroid dienone is 3. The largest absolute Gasteiger partial charge is 0.506 e. The summed E-state index contributed by atoms with van der Waals surface area (Å²) >= 11 is 0. The summed E-state index contributed by atoms with van der Waals surface area (Å²) in [7, 11) is -0.936. The maximum absolute atomic E-state index is 15.1. The predicted octanol–water partition coefficient (Wildman–Crippen LogP) is 12.1. The van der Waals surface area contributed by atoms with Gasteiger partial charge in [0.25, 0.3) is 0 Å². The number of nitrogens with one attached hydrogen (secondary N) is 2. The van der Waals surface area contributed by atoms with E-state index in [1.54, 1.807) is 0 Å². The molecule has 7 nitrogen and oxygen atoms in total. The molecule has 7 aromatic rings. The van der Waals surface area contributed by atoms with Crippen LogP contribution in [-0.2, 0) is 14.4 Å². The molecule has 386 valence electrons. The van der Waals surface area contributed by atoms with Crippen LogP contribution in [0.2, 0.25) is 0 Å². The highest BCUT2D eigenvalue weighted by Gasteiger charge is 2.41. The molecule has 2 amide bonds. The first-order valence-corrected chi connectivity index (χ1v) is 28.6. The van der Waals surface area contributed by atoms with Gasteiger partial charge in [-0.2, -0.15) is 4.99 Å². The smallest absolute Gasteiger partial charge is 0.388 e. The Labute approximate surface area is 450 Å². The molecule has 0 radical (unpaired) electrons. The van der Waals surface area contributed by atoms with E-state index in [4.69, 9.17) is 0 Å². The van der Waals surface area contributed by atoms with Crippen molar-refractivity contribution in [2.24, 2.45) is 11.8 Å². The number of ketones is 1. The van der Waals surface area contributed by atoms with Crippen molar-refractivity contribution in [2.45, 2.75) is 107 Å². The topological polar surface area (TPSA) is 101 Å². The number of rotatable bonds is 18. The number of carbonyl (C=O) groups is 3. The number of Topliss-reactive ketones (excluding diaryl/α,β-unsaturated/α-hetero) is 1. The van der Waals surface area contributed by atoms with Gasteiger partial charge in [-0.25, -0.2) is 4.79 Å². The third-order valence-corrected chi connectivity index (χ3v) is 17.6. The van der Waals surface area contributed by atoms with E-state index in [0.717, 1.165) is 93.2 Å². The van der Waals surface area contributed by atoms with Crippen molar-refractivity contribution < 1.29 is 24.5 Å². The monoisotopic (exact) mass is 1020 g/mol. The molecule has 0 saturated heterocycles. The van der Waals surface area contributed by atoms with Crippen LogP contribution in [0.1, 0.15) is 107 Å². The highest BCUT2D eigenvalue weighted by Crippen LogP contribution is 2.44. The molecule has 0 fully saturated rings. The Kier molecular flexibility index (Phi) is 16.6. The molecule has 7 aromatic carbocycles. The lowest BCUT2D eigenvalue weighted by Gasteiger charge is -2.27. The lowest BCUT2D eigenvalue weighted by Crippen LogP contribution is -2.79. The van der Waals surface area contributed by atoms with E-state index in [0.29, 0.717) is 35.4 Å². The van der Waals surface area contributed by atoms with Crippen LogP contribution in [0.15, 0.2) is 162 Å². The van der Waals surface area contributed by atoms with Crippen molar-refractivity contribution >= 4 is 98.4 Å². The molecule has 0 aromatic heterocycles. The molecule has 0 saturated carbocycles. The lowest BCUT2D eigenvalue weighted by atomic mass is 9.78. The molecule has 2 aliphatic rings. The van der Waals surface area contributed by atoms with Gasteiger partial charge in [-0.15, -0.1) is 0 Å². The van der Waals surface area contributed by atoms with Crippen molar-refractivity contribution in [1.82, 2.24) is 0 Å². The van der Waals surface area contributed by atoms with E-state index >= 15 is 4.79 Å². The highest BCUT2D eigenvalue weighted by molar-refractivity contribution is 7.79. The van der Waals surface area contributed by atoms with Crippen molar-refractivity contribution in [3.63, 3.8) is 0 Å². The summed E-state index contributed by atoms with van der Waals surface area (Å²) < 4.78 is 0. The van der Waals surface area contributed by atoms with Gasteiger partial charge in [0.1, 0.15) is 5.76 Å². The van der Waals surface area contributed by atoms with E-state index in [1.807, 2.05) is 44.2 Å². The number of amides is 2. The molecule has 76 heavy (non-hydrogen) atoms. The first-order valence-electron chi connectivity index (χ1n) is 27.3. The zero-order valence-corrected chi connectivity index (χ0v) is 46.3. The Morgan fingerprint density at radius 1 is 0.566 bits per heavy atom. The first-order chi connectivity index (χ1) is 36.8. The molecule has 2 atom stereocenters. The summed E-state index contributed by atoms with van der Waals surface area (Å²) in [6.07, 6.45) is 10.5. The van der Waals surface area contributed by atoms with E-state index in [-0.39, 0.29) is 46.3 Å². The number of hydrogen-bond donors (Lipinski definition) is 3. The number of aliphatic hydroxyl groups is 1. The minimum atomic E-state index is -0.936. The number of hydrogen-bond acceptors (Lipinski definition) is 5. The Bertz CT molecular complexity index is 3460. The van der Waals surface area contributed by atoms with Crippen molar-refractivity contribution in [3.05, 3.63) is 201 Å². The summed E-state index contributed by atoms with van der Waals surface area (Å²) in [5.74, 6) is -1.22. The fourth-order valence-corrected chi connectivity index (χ4v) is 12.7. The van der Waals surface area contributed by atoms with Gasteiger partial charge in [0.15, 0.2) is 0 Å². The van der Waals surface area contributed by atoms with Crippen LogP contribution in [0.3, 0.4) is 0 Å². The van der Waals surface area contributed by atoms with Crippen LogP contribution in [0, 0.1) is 39.5 Å².